The average molecular weight is 377 g/mol. The van der Waals surface area contributed by atoms with Crippen LogP contribution in [0.1, 0.15) is 29.6 Å². The van der Waals surface area contributed by atoms with Crippen LogP contribution in [0.25, 0.3) is 0 Å². The summed E-state index contributed by atoms with van der Waals surface area (Å²) in [5.41, 5.74) is 0.849. The third-order valence-electron chi connectivity index (χ3n) is 4.24. The lowest BCUT2D eigenvalue weighted by molar-refractivity contribution is -0.119. The van der Waals surface area contributed by atoms with E-state index in [1.165, 1.54) is 25.3 Å². The van der Waals surface area contributed by atoms with E-state index < -0.39 is 11.7 Å². The fraction of sp³-hybridized carbons (Fsp3) is 0.263. The number of rotatable bonds is 4. The molecule has 3 rings (SSSR count). The molecule has 5 nitrogen and oxygen atoms in total. The molecule has 0 aromatic heterocycles. The molecule has 0 unspecified atom stereocenters. The summed E-state index contributed by atoms with van der Waals surface area (Å²) < 4.78 is 19.3. The number of carbonyl (C=O) groups excluding carboxylic acids is 2. The van der Waals surface area contributed by atoms with Gasteiger partial charge in [0.15, 0.2) is 0 Å². The zero-order chi connectivity index (χ0) is 18.7. The van der Waals surface area contributed by atoms with Gasteiger partial charge in [0, 0.05) is 24.7 Å². The monoisotopic (exact) mass is 376 g/mol. The topological polar surface area (TPSA) is 58.6 Å². The third kappa shape index (κ3) is 3.65. The highest BCUT2D eigenvalue weighted by Gasteiger charge is 2.23. The van der Waals surface area contributed by atoms with Crippen LogP contribution >= 0.6 is 11.6 Å². The molecule has 1 N–H and O–H groups in total. The maximum absolute atomic E-state index is 13.9. The molecule has 1 heterocycles. The van der Waals surface area contributed by atoms with Crippen molar-refractivity contribution < 1.29 is 18.7 Å². The Kier molecular flexibility index (Phi) is 5.42. The Morgan fingerprint density at radius 1 is 1.27 bits per heavy atom. The van der Waals surface area contributed by atoms with E-state index in [-0.39, 0.29) is 16.5 Å². The van der Waals surface area contributed by atoms with Gasteiger partial charge in [-0.2, -0.15) is 0 Å². The molecule has 136 valence electrons. The maximum atomic E-state index is 13.9. The van der Waals surface area contributed by atoms with Gasteiger partial charge in [0.1, 0.15) is 11.6 Å². The molecular formula is C19H18ClFN2O3. The van der Waals surface area contributed by atoms with E-state index in [2.05, 4.69) is 5.32 Å². The maximum Gasteiger partial charge on any atom is 0.260 e. The van der Waals surface area contributed by atoms with E-state index in [1.807, 2.05) is 0 Å². The SMILES string of the molecule is COc1cc(NC(=O)c2c(F)cccc2Cl)ccc1N1CCCCC1=O. The van der Waals surface area contributed by atoms with Crippen LogP contribution in [0.2, 0.25) is 5.02 Å². The normalized spacial score (nSPS) is 14.3. The Bertz CT molecular complexity index is 836. The van der Waals surface area contributed by atoms with Crippen molar-refractivity contribution >= 4 is 34.8 Å². The molecule has 0 saturated carbocycles. The summed E-state index contributed by atoms with van der Waals surface area (Å²) in [4.78, 5) is 26.2. The first-order chi connectivity index (χ1) is 12.5. The highest BCUT2D eigenvalue weighted by atomic mass is 35.5. The Balaban J connectivity index is 1.85. The Morgan fingerprint density at radius 3 is 2.77 bits per heavy atom. The van der Waals surface area contributed by atoms with Crippen molar-refractivity contribution in [2.45, 2.75) is 19.3 Å². The second-order valence-electron chi connectivity index (χ2n) is 5.94. The highest BCUT2D eigenvalue weighted by molar-refractivity contribution is 6.34. The van der Waals surface area contributed by atoms with Crippen LogP contribution in [0, 0.1) is 5.82 Å². The van der Waals surface area contributed by atoms with E-state index in [1.54, 1.807) is 23.1 Å². The molecule has 2 amide bonds. The number of hydrogen-bond acceptors (Lipinski definition) is 3. The summed E-state index contributed by atoms with van der Waals surface area (Å²) in [5.74, 6) is -0.850. The van der Waals surface area contributed by atoms with Gasteiger partial charge < -0.3 is 15.0 Å². The second-order valence-corrected chi connectivity index (χ2v) is 6.35. The van der Waals surface area contributed by atoms with Crippen LogP contribution in [0.3, 0.4) is 0 Å². The number of amides is 2. The summed E-state index contributed by atoms with van der Waals surface area (Å²) in [7, 11) is 1.49. The molecule has 1 saturated heterocycles. The van der Waals surface area contributed by atoms with Gasteiger partial charge in [0.2, 0.25) is 5.91 Å². The van der Waals surface area contributed by atoms with Gasteiger partial charge in [-0.25, -0.2) is 4.39 Å². The van der Waals surface area contributed by atoms with Crippen LogP contribution in [0.4, 0.5) is 15.8 Å². The van der Waals surface area contributed by atoms with Gasteiger partial charge in [-0.1, -0.05) is 17.7 Å². The number of halogens is 2. The molecule has 0 radical (unpaired) electrons. The molecular weight excluding hydrogens is 359 g/mol. The van der Waals surface area contributed by atoms with E-state index in [4.69, 9.17) is 16.3 Å². The third-order valence-corrected chi connectivity index (χ3v) is 4.56. The van der Waals surface area contributed by atoms with E-state index in [0.717, 1.165) is 12.8 Å². The fourth-order valence-electron chi connectivity index (χ4n) is 2.95. The Morgan fingerprint density at radius 2 is 2.08 bits per heavy atom. The van der Waals surface area contributed by atoms with E-state index in [0.29, 0.717) is 30.1 Å². The van der Waals surface area contributed by atoms with Gasteiger partial charge in [-0.15, -0.1) is 0 Å². The van der Waals surface area contributed by atoms with Crippen molar-refractivity contribution in [2.75, 3.05) is 23.9 Å². The van der Waals surface area contributed by atoms with Gasteiger partial charge >= 0.3 is 0 Å². The summed E-state index contributed by atoms with van der Waals surface area (Å²) in [5, 5.41) is 2.64. The summed E-state index contributed by atoms with van der Waals surface area (Å²) >= 11 is 5.92. The molecule has 0 aliphatic carbocycles. The van der Waals surface area contributed by atoms with E-state index in [9.17, 15) is 14.0 Å². The molecule has 0 bridgehead atoms. The summed E-state index contributed by atoms with van der Waals surface area (Å²) in [6, 6.07) is 9.01. The standard InChI is InChI=1S/C19H18ClFN2O3/c1-26-16-11-12(8-9-15(16)23-10-3-2-7-17(23)24)22-19(25)18-13(20)5-4-6-14(18)21/h4-6,8-9,11H,2-3,7,10H2,1H3,(H,22,25). The Hall–Kier alpha value is -2.60. The minimum absolute atomic E-state index is 0.0324. The van der Waals surface area contributed by atoms with Crippen molar-refractivity contribution in [1.82, 2.24) is 0 Å². The van der Waals surface area contributed by atoms with Gasteiger partial charge in [-0.05, 0) is 37.1 Å². The largest absolute Gasteiger partial charge is 0.494 e. The minimum Gasteiger partial charge on any atom is -0.494 e. The minimum atomic E-state index is -0.697. The molecule has 1 fully saturated rings. The number of nitrogens with one attached hydrogen (secondary N) is 1. The lowest BCUT2D eigenvalue weighted by Crippen LogP contribution is -2.35. The predicted octanol–water partition coefficient (Wildman–Crippen LogP) is 4.26. The highest BCUT2D eigenvalue weighted by Crippen LogP contribution is 2.33. The van der Waals surface area contributed by atoms with Gasteiger partial charge in [0.05, 0.1) is 23.4 Å². The average Bonchev–Trinajstić information content (AvgIpc) is 2.62. The zero-order valence-corrected chi connectivity index (χ0v) is 15.0. The van der Waals surface area contributed by atoms with Crippen LogP contribution in [0.5, 0.6) is 5.75 Å². The van der Waals surface area contributed by atoms with Crippen LogP contribution in [-0.2, 0) is 4.79 Å². The quantitative estimate of drug-likeness (QED) is 0.867. The predicted molar refractivity (Wildman–Crippen MR) is 98.6 cm³/mol. The molecule has 7 heteroatoms. The Labute approximate surface area is 155 Å². The molecule has 0 spiro atoms. The molecule has 1 aliphatic heterocycles. The van der Waals surface area contributed by atoms with Crippen LogP contribution in [0.15, 0.2) is 36.4 Å². The molecule has 1 aliphatic rings. The number of methoxy groups -OCH3 is 1. The number of hydrogen-bond donors (Lipinski definition) is 1. The number of anilines is 2. The summed E-state index contributed by atoms with van der Waals surface area (Å²) in [6.45, 7) is 0.631. The smallest absolute Gasteiger partial charge is 0.260 e. The second kappa shape index (κ2) is 7.74. The van der Waals surface area contributed by atoms with Crippen molar-refractivity contribution in [3.05, 3.63) is 52.8 Å². The first-order valence-corrected chi connectivity index (χ1v) is 8.63. The summed E-state index contributed by atoms with van der Waals surface area (Å²) in [6.07, 6.45) is 2.32. The number of ether oxygens (including phenoxy) is 1. The van der Waals surface area contributed by atoms with E-state index >= 15 is 0 Å². The molecule has 0 atom stereocenters. The fourth-order valence-corrected chi connectivity index (χ4v) is 3.20. The van der Waals surface area contributed by atoms with Crippen molar-refractivity contribution in [3.63, 3.8) is 0 Å². The molecule has 2 aromatic carbocycles. The van der Waals surface area contributed by atoms with Gasteiger partial charge in [0.25, 0.3) is 5.91 Å². The number of nitrogens with zero attached hydrogens (tertiary/aromatic N) is 1. The first kappa shape index (κ1) is 18.2. The molecule has 26 heavy (non-hydrogen) atoms. The van der Waals surface area contributed by atoms with Crippen molar-refractivity contribution in [2.24, 2.45) is 0 Å². The van der Waals surface area contributed by atoms with Crippen molar-refractivity contribution in [1.29, 1.82) is 0 Å². The lowest BCUT2D eigenvalue weighted by atomic mass is 10.1. The number of carbonyl (C=O) groups is 2. The number of benzene rings is 2. The molecule has 2 aromatic rings. The zero-order valence-electron chi connectivity index (χ0n) is 14.2. The van der Waals surface area contributed by atoms with Crippen LogP contribution in [-0.4, -0.2) is 25.5 Å². The first-order valence-electron chi connectivity index (χ1n) is 8.25. The number of piperidine rings is 1. The lowest BCUT2D eigenvalue weighted by Gasteiger charge is -2.28. The van der Waals surface area contributed by atoms with Gasteiger partial charge in [-0.3, -0.25) is 9.59 Å². The van der Waals surface area contributed by atoms with Crippen LogP contribution < -0.4 is 15.0 Å². The van der Waals surface area contributed by atoms with Crippen molar-refractivity contribution in [3.8, 4) is 5.75 Å².